The second-order valence-electron chi connectivity index (χ2n) is 5.54. The highest BCUT2D eigenvalue weighted by atomic mass is 16.5. The third-order valence-corrected chi connectivity index (χ3v) is 3.85. The Labute approximate surface area is 120 Å². The van der Waals surface area contributed by atoms with E-state index in [4.69, 9.17) is 10.5 Å². The molecule has 0 aromatic heterocycles. The van der Waals surface area contributed by atoms with Gasteiger partial charge in [-0.25, -0.2) is 0 Å². The van der Waals surface area contributed by atoms with Gasteiger partial charge in [-0.15, -0.1) is 0 Å². The SMILES string of the molecule is CN(CCCOc1ccccc1)C(=O)[C@H]1CC[C@H](N)C1. The molecule has 20 heavy (non-hydrogen) atoms. The van der Waals surface area contributed by atoms with Gasteiger partial charge in [0, 0.05) is 25.6 Å². The maximum atomic E-state index is 12.2. The standard InChI is InChI=1S/C16H24N2O2/c1-18(16(19)13-8-9-14(17)12-13)10-5-11-20-15-6-3-2-4-7-15/h2-4,6-7,13-14H,5,8-12,17H2,1H3/t13-,14-/m0/s1. The first-order valence-electron chi connectivity index (χ1n) is 7.35. The number of amides is 1. The Kier molecular flexibility index (Phi) is 5.41. The molecule has 1 aromatic rings. The van der Waals surface area contributed by atoms with Gasteiger partial charge in [0.1, 0.15) is 5.75 Å². The van der Waals surface area contributed by atoms with E-state index in [2.05, 4.69) is 0 Å². The summed E-state index contributed by atoms with van der Waals surface area (Å²) in [6.07, 6.45) is 3.59. The minimum absolute atomic E-state index is 0.130. The largest absolute Gasteiger partial charge is 0.494 e. The highest BCUT2D eigenvalue weighted by molar-refractivity contribution is 5.78. The van der Waals surface area contributed by atoms with E-state index < -0.39 is 0 Å². The molecule has 1 amide bonds. The molecule has 4 heteroatoms. The molecule has 1 fully saturated rings. The fourth-order valence-electron chi connectivity index (χ4n) is 2.67. The number of rotatable bonds is 6. The molecule has 4 nitrogen and oxygen atoms in total. The van der Waals surface area contributed by atoms with Crippen LogP contribution in [0, 0.1) is 5.92 Å². The lowest BCUT2D eigenvalue weighted by molar-refractivity contribution is -0.134. The third-order valence-electron chi connectivity index (χ3n) is 3.85. The van der Waals surface area contributed by atoms with Gasteiger partial charge in [0.25, 0.3) is 0 Å². The van der Waals surface area contributed by atoms with Crippen LogP contribution in [0.3, 0.4) is 0 Å². The van der Waals surface area contributed by atoms with Crippen molar-refractivity contribution in [1.82, 2.24) is 4.90 Å². The summed E-state index contributed by atoms with van der Waals surface area (Å²) >= 11 is 0. The van der Waals surface area contributed by atoms with Crippen LogP contribution in [0.2, 0.25) is 0 Å². The zero-order chi connectivity index (χ0) is 14.4. The molecule has 1 aromatic carbocycles. The van der Waals surface area contributed by atoms with Crippen LogP contribution in [-0.4, -0.2) is 37.0 Å². The molecular weight excluding hydrogens is 252 g/mol. The second kappa shape index (κ2) is 7.29. The second-order valence-corrected chi connectivity index (χ2v) is 5.54. The predicted octanol–water partition coefficient (Wildman–Crippen LogP) is 2.04. The van der Waals surface area contributed by atoms with Gasteiger partial charge in [0.05, 0.1) is 6.61 Å². The monoisotopic (exact) mass is 276 g/mol. The first kappa shape index (κ1) is 14.9. The summed E-state index contributed by atoms with van der Waals surface area (Å²) in [5.74, 6) is 1.24. The van der Waals surface area contributed by atoms with Crippen molar-refractivity contribution in [2.24, 2.45) is 11.7 Å². The van der Waals surface area contributed by atoms with Gasteiger partial charge in [0.15, 0.2) is 0 Å². The molecule has 0 heterocycles. The number of hydrogen-bond acceptors (Lipinski definition) is 3. The number of ether oxygens (including phenoxy) is 1. The van der Waals surface area contributed by atoms with Crippen molar-refractivity contribution in [1.29, 1.82) is 0 Å². The minimum atomic E-state index is 0.130. The van der Waals surface area contributed by atoms with E-state index in [-0.39, 0.29) is 17.9 Å². The van der Waals surface area contributed by atoms with Gasteiger partial charge in [-0.3, -0.25) is 4.79 Å². The van der Waals surface area contributed by atoms with Crippen LogP contribution >= 0.6 is 0 Å². The average molecular weight is 276 g/mol. The Morgan fingerprint density at radius 1 is 1.35 bits per heavy atom. The summed E-state index contributed by atoms with van der Waals surface area (Å²) in [4.78, 5) is 14.0. The van der Waals surface area contributed by atoms with E-state index in [0.29, 0.717) is 6.61 Å². The minimum Gasteiger partial charge on any atom is -0.494 e. The van der Waals surface area contributed by atoms with Crippen molar-refractivity contribution < 1.29 is 9.53 Å². The van der Waals surface area contributed by atoms with Crippen LogP contribution in [-0.2, 0) is 4.79 Å². The van der Waals surface area contributed by atoms with E-state index in [9.17, 15) is 4.79 Å². The maximum absolute atomic E-state index is 12.2. The lowest BCUT2D eigenvalue weighted by Gasteiger charge is -2.21. The highest BCUT2D eigenvalue weighted by Gasteiger charge is 2.29. The van der Waals surface area contributed by atoms with E-state index >= 15 is 0 Å². The molecule has 0 bridgehead atoms. The summed E-state index contributed by atoms with van der Waals surface area (Å²) in [5, 5.41) is 0. The summed E-state index contributed by atoms with van der Waals surface area (Å²) in [5.41, 5.74) is 5.86. The molecule has 2 N–H and O–H groups in total. The normalized spacial score (nSPS) is 21.7. The summed E-state index contributed by atoms with van der Waals surface area (Å²) in [6.45, 7) is 1.36. The number of nitrogens with zero attached hydrogens (tertiary/aromatic N) is 1. The van der Waals surface area contributed by atoms with Crippen molar-refractivity contribution in [2.45, 2.75) is 31.7 Å². The smallest absolute Gasteiger partial charge is 0.225 e. The summed E-state index contributed by atoms with van der Waals surface area (Å²) in [7, 11) is 1.87. The fourth-order valence-corrected chi connectivity index (χ4v) is 2.67. The topological polar surface area (TPSA) is 55.6 Å². The Morgan fingerprint density at radius 3 is 2.75 bits per heavy atom. The number of benzene rings is 1. The van der Waals surface area contributed by atoms with Crippen LogP contribution < -0.4 is 10.5 Å². The molecular formula is C16H24N2O2. The lowest BCUT2D eigenvalue weighted by atomic mass is 10.1. The van der Waals surface area contributed by atoms with Crippen molar-refractivity contribution >= 4 is 5.91 Å². The molecule has 2 rings (SSSR count). The summed E-state index contributed by atoms with van der Waals surface area (Å²) < 4.78 is 5.62. The number of carbonyl (C=O) groups excluding carboxylic acids is 1. The van der Waals surface area contributed by atoms with E-state index in [1.165, 1.54) is 0 Å². The molecule has 110 valence electrons. The summed E-state index contributed by atoms with van der Waals surface area (Å²) in [6, 6.07) is 9.96. The van der Waals surface area contributed by atoms with Gasteiger partial charge in [-0.05, 0) is 37.8 Å². The third kappa shape index (κ3) is 4.23. The van der Waals surface area contributed by atoms with E-state index in [0.717, 1.165) is 38.0 Å². The van der Waals surface area contributed by atoms with Gasteiger partial charge in [0.2, 0.25) is 5.91 Å². The zero-order valence-corrected chi connectivity index (χ0v) is 12.1. The molecule has 1 aliphatic carbocycles. The van der Waals surface area contributed by atoms with Crippen LogP contribution in [0.5, 0.6) is 5.75 Å². The van der Waals surface area contributed by atoms with Crippen molar-refractivity contribution in [3.05, 3.63) is 30.3 Å². The molecule has 2 atom stereocenters. The average Bonchev–Trinajstić information content (AvgIpc) is 2.90. The van der Waals surface area contributed by atoms with Crippen molar-refractivity contribution in [3.8, 4) is 5.75 Å². The Hall–Kier alpha value is -1.55. The first-order valence-corrected chi connectivity index (χ1v) is 7.35. The van der Waals surface area contributed by atoms with Crippen LogP contribution in [0.15, 0.2) is 30.3 Å². The van der Waals surface area contributed by atoms with Crippen LogP contribution in [0.1, 0.15) is 25.7 Å². The molecule has 0 aliphatic heterocycles. The van der Waals surface area contributed by atoms with E-state index in [1.807, 2.05) is 42.3 Å². The van der Waals surface area contributed by atoms with Gasteiger partial charge < -0.3 is 15.4 Å². The number of nitrogens with two attached hydrogens (primary N) is 1. The van der Waals surface area contributed by atoms with Gasteiger partial charge in [-0.1, -0.05) is 18.2 Å². The maximum Gasteiger partial charge on any atom is 0.225 e. The Balaban J connectivity index is 1.65. The number of para-hydroxylation sites is 1. The van der Waals surface area contributed by atoms with Crippen LogP contribution in [0.4, 0.5) is 0 Å². The Morgan fingerprint density at radius 2 is 2.10 bits per heavy atom. The molecule has 0 saturated heterocycles. The quantitative estimate of drug-likeness (QED) is 0.809. The van der Waals surface area contributed by atoms with Crippen molar-refractivity contribution in [3.63, 3.8) is 0 Å². The van der Waals surface area contributed by atoms with E-state index in [1.54, 1.807) is 0 Å². The first-order chi connectivity index (χ1) is 9.66. The van der Waals surface area contributed by atoms with Gasteiger partial charge in [-0.2, -0.15) is 0 Å². The predicted molar refractivity (Wildman–Crippen MR) is 79.5 cm³/mol. The fraction of sp³-hybridized carbons (Fsp3) is 0.562. The van der Waals surface area contributed by atoms with Gasteiger partial charge >= 0.3 is 0 Å². The molecule has 0 unspecified atom stereocenters. The highest BCUT2D eigenvalue weighted by Crippen LogP contribution is 2.25. The molecule has 1 saturated carbocycles. The lowest BCUT2D eigenvalue weighted by Crippen LogP contribution is -2.33. The number of hydrogen-bond donors (Lipinski definition) is 1. The number of carbonyl (C=O) groups is 1. The molecule has 1 aliphatic rings. The molecule has 0 spiro atoms. The zero-order valence-electron chi connectivity index (χ0n) is 12.1. The molecule has 0 radical (unpaired) electrons. The Bertz CT molecular complexity index is 422. The van der Waals surface area contributed by atoms with Crippen LogP contribution in [0.25, 0.3) is 0 Å². The van der Waals surface area contributed by atoms with Crippen molar-refractivity contribution in [2.75, 3.05) is 20.2 Å².